The van der Waals surface area contributed by atoms with Gasteiger partial charge < -0.3 is 15.7 Å². The van der Waals surface area contributed by atoms with E-state index in [0.717, 1.165) is 24.8 Å². The summed E-state index contributed by atoms with van der Waals surface area (Å²) in [6.07, 6.45) is 3.44. The molecule has 0 aliphatic carbocycles. The highest BCUT2D eigenvalue weighted by Crippen LogP contribution is 2.12. The molecular weight excluding hydrogens is 268 g/mol. The molecule has 1 rings (SSSR count). The Labute approximate surface area is 125 Å². The molecule has 0 fully saturated rings. The van der Waals surface area contributed by atoms with Crippen LogP contribution in [0, 0.1) is 0 Å². The van der Waals surface area contributed by atoms with Gasteiger partial charge in [0.05, 0.1) is 0 Å². The number of urea groups is 1. The fourth-order valence-corrected chi connectivity index (χ4v) is 2.14. The molecular formula is C16H24N2O3. The molecule has 0 aliphatic heterocycles. The molecule has 5 heteroatoms. The fraction of sp³-hybridized carbons (Fsp3) is 0.500. The lowest BCUT2D eigenvalue weighted by Gasteiger charge is -2.16. The van der Waals surface area contributed by atoms with Gasteiger partial charge in [-0.25, -0.2) is 4.79 Å². The number of benzene rings is 1. The van der Waals surface area contributed by atoms with Crippen molar-refractivity contribution < 1.29 is 14.7 Å². The van der Waals surface area contributed by atoms with Gasteiger partial charge in [-0.2, -0.15) is 0 Å². The van der Waals surface area contributed by atoms with E-state index in [-0.39, 0.29) is 18.5 Å². The van der Waals surface area contributed by atoms with Crippen molar-refractivity contribution >= 4 is 17.7 Å². The summed E-state index contributed by atoms with van der Waals surface area (Å²) in [4.78, 5) is 22.5. The van der Waals surface area contributed by atoms with Crippen LogP contribution in [-0.2, 0) is 11.2 Å². The molecule has 0 radical (unpaired) electrons. The van der Waals surface area contributed by atoms with Crippen LogP contribution in [0.5, 0.6) is 0 Å². The number of aryl methyl sites for hydroxylation is 1. The molecule has 0 heterocycles. The third-order valence-corrected chi connectivity index (χ3v) is 3.28. The lowest BCUT2D eigenvalue weighted by atomic mass is 10.1. The van der Waals surface area contributed by atoms with Crippen LogP contribution in [0.3, 0.4) is 0 Å². The Morgan fingerprint density at radius 1 is 1.29 bits per heavy atom. The predicted molar refractivity (Wildman–Crippen MR) is 83.5 cm³/mol. The Morgan fingerprint density at radius 3 is 2.67 bits per heavy atom. The molecule has 5 nitrogen and oxygen atoms in total. The van der Waals surface area contributed by atoms with Gasteiger partial charge in [-0.1, -0.05) is 32.4 Å². The first-order chi connectivity index (χ1) is 10.0. The van der Waals surface area contributed by atoms with Gasteiger partial charge in [-0.05, 0) is 37.0 Å². The fourth-order valence-electron chi connectivity index (χ4n) is 2.14. The van der Waals surface area contributed by atoms with Crippen LogP contribution in [0.1, 0.15) is 45.1 Å². The van der Waals surface area contributed by atoms with Crippen molar-refractivity contribution in [3.05, 3.63) is 29.8 Å². The first kappa shape index (κ1) is 17.0. The van der Waals surface area contributed by atoms with Gasteiger partial charge in [-0.15, -0.1) is 0 Å². The number of rotatable bonds is 8. The Balaban J connectivity index is 2.55. The molecule has 0 aromatic heterocycles. The number of nitrogens with one attached hydrogen (secondary N) is 2. The van der Waals surface area contributed by atoms with E-state index in [1.807, 2.05) is 25.1 Å². The SMILES string of the molecule is CCCC(CC)NC(=O)Nc1cccc(CCC(=O)O)c1. The second kappa shape index (κ2) is 9.00. The van der Waals surface area contributed by atoms with Crippen molar-refractivity contribution in [1.82, 2.24) is 5.32 Å². The van der Waals surface area contributed by atoms with Crippen LogP contribution in [0.15, 0.2) is 24.3 Å². The lowest BCUT2D eigenvalue weighted by molar-refractivity contribution is -0.136. The van der Waals surface area contributed by atoms with E-state index in [1.165, 1.54) is 0 Å². The monoisotopic (exact) mass is 292 g/mol. The van der Waals surface area contributed by atoms with E-state index in [2.05, 4.69) is 17.6 Å². The topological polar surface area (TPSA) is 78.4 Å². The molecule has 0 spiro atoms. The van der Waals surface area contributed by atoms with Crippen LogP contribution in [0.25, 0.3) is 0 Å². The number of carboxylic acids is 1. The highest BCUT2D eigenvalue weighted by molar-refractivity contribution is 5.89. The minimum atomic E-state index is -0.823. The van der Waals surface area contributed by atoms with Crippen molar-refractivity contribution in [2.45, 2.75) is 52.0 Å². The van der Waals surface area contributed by atoms with Crippen molar-refractivity contribution in [1.29, 1.82) is 0 Å². The Morgan fingerprint density at radius 2 is 2.05 bits per heavy atom. The molecule has 21 heavy (non-hydrogen) atoms. The zero-order valence-corrected chi connectivity index (χ0v) is 12.7. The minimum absolute atomic E-state index is 0.0874. The van der Waals surface area contributed by atoms with Gasteiger partial charge in [0.15, 0.2) is 0 Å². The summed E-state index contributed by atoms with van der Waals surface area (Å²) in [7, 11) is 0. The molecule has 1 aromatic rings. The molecule has 116 valence electrons. The normalized spacial score (nSPS) is 11.7. The van der Waals surface area contributed by atoms with E-state index in [4.69, 9.17) is 5.11 Å². The highest BCUT2D eigenvalue weighted by Gasteiger charge is 2.09. The van der Waals surface area contributed by atoms with E-state index >= 15 is 0 Å². The predicted octanol–water partition coefficient (Wildman–Crippen LogP) is 3.40. The largest absolute Gasteiger partial charge is 0.481 e. The maximum atomic E-state index is 11.9. The van der Waals surface area contributed by atoms with Crippen LogP contribution in [0.4, 0.5) is 10.5 Å². The minimum Gasteiger partial charge on any atom is -0.481 e. The van der Waals surface area contributed by atoms with Crippen LogP contribution >= 0.6 is 0 Å². The van der Waals surface area contributed by atoms with Crippen molar-refractivity contribution in [2.75, 3.05) is 5.32 Å². The number of hydrogen-bond acceptors (Lipinski definition) is 2. The van der Waals surface area contributed by atoms with E-state index in [0.29, 0.717) is 12.1 Å². The third kappa shape index (κ3) is 6.79. The van der Waals surface area contributed by atoms with Gasteiger partial charge in [0, 0.05) is 18.2 Å². The van der Waals surface area contributed by atoms with Crippen molar-refractivity contribution in [3.8, 4) is 0 Å². The molecule has 3 N–H and O–H groups in total. The van der Waals surface area contributed by atoms with Gasteiger partial charge in [-0.3, -0.25) is 4.79 Å². The first-order valence-corrected chi connectivity index (χ1v) is 7.43. The summed E-state index contributed by atoms with van der Waals surface area (Å²) in [6.45, 7) is 4.14. The summed E-state index contributed by atoms with van der Waals surface area (Å²) in [5.74, 6) is -0.823. The van der Waals surface area contributed by atoms with Crippen molar-refractivity contribution in [3.63, 3.8) is 0 Å². The van der Waals surface area contributed by atoms with Gasteiger partial charge in [0.1, 0.15) is 0 Å². The number of carbonyl (C=O) groups is 2. The number of carbonyl (C=O) groups excluding carboxylic acids is 1. The van der Waals surface area contributed by atoms with Crippen LogP contribution < -0.4 is 10.6 Å². The molecule has 1 unspecified atom stereocenters. The van der Waals surface area contributed by atoms with Crippen molar-refractivity contribution in [2.24, 2.45) is 0 Å². The maximum Gasteiger partial charge on any atom is 0.319 e. The van der Waals surface area contributed by atoms with E-state index < -0.39 is 5.97 Å². The van der Waals surface area contributed by atoms with Gasteiger partial charge >= 0.3 is 12.0 Å². The zero-order valence-electron chi connectivity index (χ0n) is 12.7. The molecule has 1 atom stereocenters. The molecule has 0 saturated heterocycles. The summed E-state index contributed by atoms with van der Waals surface area (Å²) in [5, 5.41) is 14.4. The number of aliphatic carboxylic acids is 1. The molecule has 0 aliphatic rings. The Bertz CT molecular complexity index is 474. The Kier molecular flexibility index (Phi) is 7.29. The Hall–Kier alpha value is -2.04. The zero-order chi connectivity index (χ0) is 15.7. The molecule has 1 aromatic carbocycles. The number of amides is 2. The highest BCUT2D eigenvalue weighted by atomic mass is 16.4. The summed E-state index contributed by atoms with van der Waals surface area (Å²) in [6, 6.07) is 7.25. The first-order valence-electron chi connectivity index (χ1n) is 7.43. The summed E-state index contributed by atoms with van der Waals surface area (Å²) >= 11 is 0. The number of hydrogen-bond donors (Lipinski definition) is 3. The standard InChI is InChI=1S/C16H24N2O3/c1-3-6-13(4-2)17-16(21)18-14-8-5-7-12(11-14)9-10-15(19)20/h5,7-8,11,13H,3-4,6,9-10H2,1-2H3,(H,19,20)(H2,17,18,21). The second-order valence-electron chi connectivity index (χ2n) is 5.09. The van der Waals surface area contributed by atoms with E-state index in [9.17, 15) is 9.59 Å². The summed E-state index contributed by atoms with van der Waals surface area (Å²) < 4.78 is 0. The number of anilines is 1. The average Bonchev–Trinajstić information content (AvgIpc) is 2.45. The van der Waals surface area contributed by atoms with Gasteiger partial charge in [0.25, 0.3) is 0 Å². The molecule has 2 amide bonds. The second-order valence-corrected chi connectivity index (χ2v) is 5.09. The van der Waals surface area contributed by atoms with E-state index in [1.54, 1.807) is 6.07 Å². The quantitative estimate of drug-likeness (QED) is 0.687. The number of carboxylic acid groups (broad SMARTS) is 1. The molecule has 0 saturated carbocycles. The maximum absolute atomic E-state index is 11.9. The molecule has 0 bridgehead atoms. The van der Waals surface area contributed by atoms with Crippen LogP contribution in [0.2, 0.25) is 0 Å². The van der Waals surface area contributed by atoms with Crippen LogP contribution in [-0.4, -0.2) is 23.1 Å². The van der Waals surface area contributed by atoms with Gasteiger partial charge in [0.2, 0.25) is 0 Å². The third-order valence-electron chi connectivity index (χ3n) is 3.28. The smallest absolute Gasteiger partial charge is 0.319 e. The average molecular weight is 292 g/mol. The summed E-state index contributed by atoms with van der Waals surface area (Å²) in [5.41, 5.74) is 1.58. The lowest BCUT2D eigenvalue weighted by Crippen LogP contribution is -2.37.